The highest BCUT2D eigenvalue weighted by Crippen LogP contribution is 2.30. The minimum atomic E-state index is -0.601. The smallest absolute Gasteiger partial charge is 0.349 e. The molecule has 1 aliphatic rings. The van der Waals surface area contributed by atoms with E-state index < -0.39 is 24.5 Å². The molecule has 0 aliphatic carbocycles. The maximum absolute atomic E-state index is 12.5. The van der Waals surface area contributed by atoms with Crippen LogP contribution in [0.4, 0.5) is 10.2 Å². The van der Waals surface area contributed by atoms with Gasteiger partial charge in [0.05, 0.1) is 31.5 Å². The van der Waals surface area contributed by atoms with Crippen LogP contribution in [-0.4, -0.2) is 41.6 Å². The fourth-order valence-corrected chi connectivity index (χ4v) is 2.53. The van der Waals surface area contributed by atoms with Gasteiger partial charge in [-0.25, -0.2) is 9.18 Å². The van der Waals surface area contributed by atoms with Crippen molar-refractivity contribution >= 4 is 5.82 Å². The molecule has 4 atom stereocenters. The number of hydrogen-bond acceptors (Lipinski definition) is 5. The van der Waals surface area contributed by atoms with Crippen molar-refractivity contribution < 1.29 is 15.2 Å². The van der Waals surface area contributed by atoms with E-state index in [-0.39, 0.29) is 38.0 Å². The Balaban J connectivity index is 2.34. The van der Waals surface area contributed by atoms with E-state index in [2.05, 4.69) is 4.98 Å². The molecular formula is C14H22FN3O3. The second-order valence-electron chi connectivity index (χ2n) is 5.32. The third-order valence-electron chi connectivity index (χ3n) is 3.88. The number of nitrogens with zero attached hydrogens (tertiary/aromatic N) is 2. The number of nitrogen functional groups attached to an aromatic ring is 1. The molecule has 0 unspecified atom stereocenters. The van der Waals surface area contributed by atoms with Crippen molar-refractivity contribution in [2.45, 2.75) is 39.0 Å². The zero-order valence-electron chi connectivity index (χ0n) is 13.3. The summed E-state index contributed by atoms with van der Waals surface area (Å²) in [6, 6.07) is -0.413. The SMILES string of the molecule is [2H]C[C@H]1OC[C@@H](n2cc(C)c(N)nc2=O)[C@H](OCCF)[C@@H]1C. The highest BCUT2D eigenvalue weighted by Gasteiger charge is 2.38. The maximum Gasteiger partial charge on any atom is 0.349 e. The van der Waals surface area contributed by atoms with Gasteiger partial charge < -0.3 is 15.2 Å². The van der Waals surface area contributed by atoms with Crippen molar-refractivity contribution in [2.24, 2.45) is 5.92 Å². The van der Waals surface area contributed by atoms with E-state index in [1.165, 1.54) is 4.57 Å². The first-order valence-corrected chi connectivity index (χ1v) is 6.93. The summed E-state index contributed by atoms with van der Waals surface area (Å²) < 4.78 is 32.7. The van der Waals surface area contributed by atoms with Crippen LogP contribution in [0.15, 0.2) is 11.0 Å². The minimum Gasteiger partial charge on any atom is -0.383 e. The summed E-state index contributed by atoms with van der Waals surface area (Å²) in [5.74, 6) is 0.0591. The molecule has 2 N–H and O–H groups in total. The van der Waals surface area contributed by atoms with E-state index in [4.69, 9.17) is 16.6 Å². The van der Waals surface area contributed by atoms with E-state index >= 15 is 0 Å². The number of alkyl halides is 1. The van der Waals surface area contributed by atoms with Crippen molar-refractivity contribution in [3.8, 4) is 0 Å². The quantitative estimate of drug-likeness (QED) is 0.900. The lowest BCUT2D eigenvalue weighted by Crippen LogP contribution is -2.49. The molecule has 0 spiro atoms. The van der Waals surface area contributed by atoms with Gasteiger partial charge in [-0.1, -0.05) is 6.92 Å². The summed E-state index contributed by atoms with van der Waals surface area (Å²) in [6.07, 6.45) is 0.917. The van der Waals surface area contributed by atoms with Gasteiger partial charge in [-0.05, 0) is 13.8 Å². The Morgan fingerprint density at radius 3 is 3.14 bits per heavy atom. The van der Waals surface area contributed by atoms with Crippen LogP contribution in [0, 0.1) is 12.8 Å². The van der Waals surface area contributed by atoms with Gasteiger partial charge >= 0.3 is 5.69 Å². The van der Waals surface area contributed by atoms with E-state index in [1.54, 1.807) is 13.1 Å². The van der Waals surface area contributed by atoms with Crippen LogP contribution in [0.5, 0.6) is 0 Å². The molecular weight excluding hydrogens is 277 g/mol. The molecule has 1 fully saturated rings. The maximum atomic E-state index is 12.5. The summed E-state index contributed by atoms with van der Waals surface area (Å²) in [4.78, 5) is 15.9. The summed E-state index contributed by atoms with van der Waals surface area (Å²) >= 11 is 0. The molecule has 0 amide bonds. The molecule has 2 rings (SSSR count). The first kappa shape index (κ1) is 14.5. The van der Waals surface area contributed by atoms with Crippen molar-refractivity contribution in [3.63, 3.8) is 0 Å². The highest BCUT2D eigenvalue weighted by molar-refractivity contribution is 5.35. The number of halogens is 1. The van der Waals surface area contributed by atoms with Crippen LogP contribution in [0.3, 0.4) is 0 Å². The lowest BCUT2D eigenvalue weighted by Gasteiger charge is -2.40. The molecule has 1 aromatic rings. The van der Waals surface area contributed by atoms with E-state index in [9.17, 15) is 9.18 Å². The summed E-state index contributed by atoms with van der Waals surface area (Å²) in [5, 5.41) is 0. The van der Waals surface area contributed by atoms with Gasteiger partial charge in [0, 0.05) is 19.0 Å². The molecule has 7 heteroatoms. The Morgan fingerprint density at radius 1 is 1.71 bits per heavy atom. The van der Waals surface area contributed by atoms with Crippen LogP contribution in [-0.2, 0) is 9.47 Å². The molecule has 1 saturated heterocycles. The number of rotatable bonds is 4. The topological polar surface area (TPSA) is 79.4 Å². The van der Waals surface area contributed by atoms with Crippen LogP contribution < -0.4 is 11.4 Å². The zero-order valence-corrected chi connectivity index (χ0v) is 12.3. The molecule has 6 nitrogen and oxygen atoms in total. The number of aryl methyl sites for hydroxylation is 1. The molecule has 1 aliphatic heterocycles. The van der Waals surface area contributed by atoms with Gasteiger partial charge in [-0.2, -0.15) is 4.98 Å². The first-order chi connectivity index (χ1) is 10.5. The Morgan fingerprint density at radius 2 is 2.48 bits per heavy atom. The fraction of sp³-hybridized carbons (Fsp3) is 0.714. The number of nitrogens with two attached hydrogens (primary N) is 1. The molecule has 1 aromatic heterocycles. The Labute approximate surface area is 124 Å². The fourth-order valence-electron chi connectivity index (χ4n) is 2.53. The minimum absolute atomic E-state index is 0.0492. The molecule has 0 aromatic carbocycles. The second kappa shape index (κ2) is 6.53. The summed E-state index contributed by atoms with van der Waals surface area (Å²) in [6.45, 7) is 3.31. The molecule has 2 heterocycles. The van der Waals surface area contributed by atoms with Crippen molar-refractivity contribution in [3.05, 3.63) is 22.2 Å². The van der Waals surface area contributed by atoms with E-state index in [1.807, 2.05) is 6.92 Å². The van der Waals surface area contributed by atoms with Crippen LogP contribution in [0.2, 0.25) is 0 Å². The Hall–Kier alpha value is -1.47. The second-order valence-corrected chi connectivity index (χ2v) is 5.32. The van der Waals surface area contributed by atoms with Crippen LogP contribution >= 0.6 is 0 Å². The van der Waals surface area contributed by atoms with Crippen LogP contribution in [0.1, 0.15) is 26.8 Å². The molecule has 0 saturated carbocycles. The Bertz CT molecular complexity index is 569. The molecule has 118 valence electrons. The zero-order chi connectivity index (χ0) is 16.3. The third-order valence-corrected chi connectivity index (χ3v) is 3.88. The average Bonchev–Trinajstić information content (AvgIpc) is 2.49. The lowest BCUT2D eigenvalue weighted by atomic mass is 9.90. The highest BCUT2D eigenvalue weighted by atomic mass is 19.1. The van der Waals surface area contributed by atoms with Crippen molar-refractivity contribution in [1.29, 1.82) is 0 Å². The number of hydrogen-bond donors (Lipinski definition) is 1. The van der Waals surface area contributed by atoms with E-state index in [0.29, 0.717) is 5.56 Å². The van der Waals surface area contributed by atoms with Crippen molar-refractivity contribution in [1.82, 2.24) is 9.55 Å². The van der Waals surface area contributed by atoms with Crippen LogP contribution in [0.25, 0.3) is 0 Å². The van der Waals surface area contributed by atoms with Gasteiger partial charge in [0.15, 0.2) is 0 Å². The number of ether oxygens (including phenoxy) is 2. The standard InChI is InChI=1S/C14H22FN3O3/c1-8-6-18(14(19)17-13(8)16)11-7-21-10(3)9(2)12(11)20-5-4-15/h6,9-12H,4-5,7H2,1-3H3,(H2,16,17,19)/t9-,10-,11-,12-/m1/s1/i3D. The molecule has 0 radical (unpaired) electrons. The Kier molecular flexibility index (Phi) is 4.50. The summed E-state index contributed by atoms with van der Waals surface area (Å²) in [5.41, 5.74) is 5.84. The first-order valence-electron chi connectivity index (χ1n) is 7.64. The van der Waals surface area contributed by atoms with Gasteiger partial charge in [0.1, 0.15) is 12.5 Å². The summed E-state index contributed by atoms with van der Waals surface area (Å²) in [7, 11) is 0. The average molecular weight is 300 g/mol. The van der Waals surface area contributed by atoms with Gasteiger partial charge in [-0.15, -0.1) is 0 Å². The normalized spacial score (nSPS) is 30.1. The lowest BCUT2D eigenvalue weighted by molar-refractivity contribution is -0.136. The predicted molar refractivity (Wildman–Crippen MR) is 77.0 cm³/mol. The van der Waals surface area contributed by atoms with Gasteiger partial charge in [0.2, 0.25) is 0 Å². The number of aromatic nitrogens is 2. The monoisotopic (exact) mass is 300 g/mol. The van der Waals surface area contributed by atoms with E-state index in [0.717, 1.165) is 0 Å². The van der Waals surface area contributed by atoms with Crippen molar-refractivity contribution in [2.75, 3.05) is 25.6 Å². The third kappa shape index (κ3) is 3.24. The van der Waals surface area contributed by atoms with Gasteiger partial charge in [0.25, 0.3) is 0 Å². The predicted octanol–water partition coefficient (Wildman–Crippen LogP) is 1.08. The molecule has 21 heavy (non-hydrogen) atoms. The van der Waals surface area contributed by atoms with Gasteiger partial charge in [-0.3, -0.25) is 4.57 Å². The number of anilines is 1. The molecule has 0 bridgehead atoms. The largest absolute Gasteiger partial charge is 0.383 e.